The number of aromatic amines is 2. The van der Waals surface area contributed by atoms with Gasteiger partial charge in [-0.05, 0) is 29.9 Å². The largest absolute Gasteiger partial charge is 0.385 e. The van der Waals surface area contributed by atoms with Gasteiger partial charge in [0, 0.05) is 0 Å². The van der Waals surface area contributed by atoms with Gasteiger partial charge in [-0.2, -0.15) is 0 Å². The Morgan fingerprint density at radius 1 is 1.18 bits per heavy atom. The molecule has 1 aromatic heterocycles. The second-order valence-corrected chi connectivity index (χ2v) is 4.55. The van der Waals surface area contributed by atoms with Gasteiger partial charge in [0.05, 0.1) is 15.6 Å². The number of benzene rings is 1. The number of nitrogen functional groups attached to an aromatic ring is 1. The van der Waals surface area contributed by atoms with Gasteiger partial charge in [0.25, 0.3) is 5.56 Å². The van der Waals surface area contributed by atoms with Gasteiger partial charge < -0.3 is 10.7 Å². The fraction of sp³-hybridized carbons (Fsp3) is 0. The summed E-state index contributed by atoms with van der Waals surface area (Å²) < 4.78 is 0.177. The second kappa shape index (κ2) is 4.52. The van der Waals surface area contributed by atoms with Crippen molar-refractivity contribution < 1.29 is 0 Å². The van der Waals surface area contributed by atoms with E-state index in [1.165, 1.54) is 0 Å². The van der Waals surface area contributed by atoms with Crippen LogP contribution in [0.5, 0.6) is 0 Å². The Labute approximate surface area is 111 Å². The zero-order chi connectivity index (χ0) is 12.6. The number of nitrogens with two attached hydrogens (primary N) is 1. The lowest BCUT2D eigenvalue weighted by Crippen LogP contribution is -2.13. The highest BCUT2D eigenvalue weighted by Crippen LogP contribution is 2.28. The highest BCUT2D eigenvalue weighted by molar-refractivity contribution is 7.71. The van der Waals surface area contributed by atoms with E-state index in [0.717, 1.165) is 0 Å². The Morgan fingerprint density at radius 2 is 1.88 bits per heavy atom. The normalized spacial score (nSPS) is 10.5. The first-order chi connectivity index (χ1) is 7.99. The van der Waals surface area contributed by atoms with Crippen molar-refractivity contribution in [2.45, 2.75) is 0 Å². The minimum Gasteiger partial charge on any atom is -0.385 e. The van der Waals surface area contributed by atoms with Crippen LogP contribution in [0.15, 0.2) is 23.0 Å². The van der Waals surface area contributed by atoms with Crippen molar-refractivity contribution in [2.24, 2.45) is 0 Å². The summed E-state index contributed by atoms with van der Waals surface area (Å²) in [5, 5.41) is 0.764. The highest BCUT2D eigenvalue weighted by Gasteiger charge is 2.10. The van der Waals surface area contributed by atoms with Crippen LogP contribution in [-0.2, 0) is 0 Å². The summed E-state index contributed by atoms with van der Waals surface area (Å²) in [7, 11) is 0. The van der Waals surface area contributed by atoms with Crippen molar-refractivity contribution in [3.63, 3.8) is 0 Å². The third kappa shape index (κ3) is 2.36. The van der Waals surface area contributed by atoms with Crippen molar-refractivity contribution in [1.29, 1.82) is 0 Å². The van der Waals surface area contributed by atoms with Crippen LogP contribution in [0, 0.1) is 4.77 Å². The topological polar surface area (TPSA) is 74.7 Å². The van der Waals surface area contributed by atoms with Crippen molar-refractivity contribution >= 4 is 41.2 Å². The van der Waals surface area contributed by atoms with Gasteiger partial charge in [-0.3, -0.25) is 9.78 Å². The van der Waals surface area contributed by atoms with Crippen LogP contribution in [0.2, 0.25) is 10.0 Å². The molecule has 0 radical (unpaired) electrons. The summed E-state index contributed by atoms with van der Waals surface area (Å²) >= 11 is 16.5. The van der Waals surface area contributed by atoms with E-state index in [9.17, 15) is 4.79 Å². The number of hydrogen-bond acceptors (Lipinski definition) is 3. The second-order valence-electron chi connectivity index (χ2n) is 3.33. The summed E-state index contributed by atoms with van der Waals surface area (Å²) in [6, 6.07) is 4.83. The van der Waals surface area contributed by atoms with E-state index in [1.54, 1.807) is 18.2 Å². The van der Waals surface area contributed by atoms with Crippen LogP contribution < -0.4 is 11.3 Å². The van der Waals surface area contributed by atoms with Crippen LogP contribution in [0.3, 0.4) is 0 Å². The van der Waals surface area contributed by atoms with E-state index in [2.05, 4.69) is 9.97 Å². The lowest BCUT2D eigenvalue weighted by Gasteiger charge is -2.05. The maximum atomic E-state index is 11.8. The average molecular weight is 288 g/mol. The molecule has 4 N–H and O–H groups in total. The monoisotopic (exact) mass is 287 g/mol. The van der Waals surface area contributed by atoms with Crippen molar-refractivity contribution in [1.82, 2.24) is 9.97 Å². The van der Waals surface area contributed by atoms with Crippen molar-refractivity contribution in [2.75, 3.05) is 5.73 Å². The molecular formula is C10H7Cl2N3OS. The van der Waals surface area contributed by atoms with Gasteiger partial charge in [-0.1, -0.05) is 29.3 Å². The molecule has 1 aromatic carbocycles. The molecule has 0 aliphatic carbocycles. The summed E-state index contributed by atoms with van der Waals surface area (Å²) in [4.78, 5) is 16.9. The number of H-pyrrole nitrogens is 2. The molecule has 0 aliphatic heterocycles. The minimum absolute atomic E-state index is 0.177. The third-order valence-corrected chi connectivity index (χ3v) is 3.12. The molecule has 88 valence electrons. The highest BCUT2D eigenvalue weighted by atomic mass is 35.5. The minimum atomic E-state index is -0.371. The molecule has 2 rings (SSSR count). The smallest absolute Gasteiger partial charge is 0.261 e. The Balaban J connectivity index is 2.73. The molecule has 0 aliphatic rings. The number of nitrogens with one attached hydrogen (secondary N) is 2. The van der Waals surface area contributed by atoms with Gasteiger partial charge in [0.2, 0.25) is 0 Å². The zero-order valence-corrected chi connectivity index (χ0v) is 10.7. The van der Waals surface area contributed by atoms with E-state index < -0.39 is 0 Å². The summed E-state index contributed by atoms with van der Waals surface area (Å²) in [5.41, 5.74) is 6.22. The third-order valence-electron chi connectivity index (χ3n) is 2.18. The van der Waals surface area contributed by atoms with Gasteiger partial charge in [-0.15, -0.1) is 0 Å². The van der Waals surface area contributed by atoms with E-state index in [4.69, 9.17) is 41.2 Å². The van der Waals surface area contributed by atoms with Crippen molar-refractivity contribution in [3.05, 3.63) is 43.4 Å². The van der Waals surface area contributed by atoms with Gasteiger partial charge in [0.1, 0.15) is 5.82 Å². The summed E-state index contributed by atoms with van der Waals surface area (Å²) in [5.74, 6) is 0.192. The molecule has 0 saturated carbocycles. The van der Waals surface area contributed by atoms with Crippen LogP contribution in [0.25, 0.3) is 11.1 Å². The molecule has 0 saturated heterocycles. The molecule has 0 unspecified atom stereocenters. The van der Waals surface area contributed by atoms with E-state index in [0.29, 0.717) is 15.6 Å². The summed E-state index contributed by atoms with van der Waals surface area (Å²) in [6.07, 6.45) is 0. The number of hydrogen-bond donors (Lipinski definition) is 3. The first-order valence-corrected chi connectivity index (χ1v) is 5.73. The maximum Gasteiger partial charge on any atom is 0.261 e. The first-order valence-electron chi connectivity index (χ1n) is 4.56. The fourth-order valence-electron chi connectivity index (χ4n) is 1.44. The standard InChI is InChI=1S/C10H7Cl2N3OS/c11-5-2-1-4(3-6(5)12)7-8(13)14-10(17)15-9(7)16/h1-3H,(H4,13,14,15,16,17). The Kier molecular flexibility index (Phi) is 3.24. The van der Waals surface area contributed by atoms with Crippen LogP contribution >= 0.6 is 35.4 Å². The molecule has 1 heterocycles. The van der Waals surface area contributed by atoms with Crippen molar-refractivity contribution in [3.8, 4) is 11.1 Å². The molecule has 0 fully saturated rings. The Morgan fingerprint density at radius 3 is 2.47 bits per heavy atom. The van der Waals surface area contributed by atoms with Gasteiger partial charge in [-0.25, -0.2) is 0 Å². The molecule has 0 atom stereocenters. The average Bonchev–Trinajstić information content (AvgIpc) is 2.21. The Hall–Kier alpha value is -1.30. The van der Waals surface area contributed by atoms with E-state index in [1.807, 2.05) is 0 Å². The number of anilines is 1. The van der Waals surface area contributed by atoms with Crippen LogP contribution in [0.1, 0.15) is 0 Å². The fourth-order valence-corrected chi connectivity index (χ4v) is 1.94. The SMILES string of the molecule is Nc1[nH]c(=S)[nH]c(=O)c1-c1ccc(Cl)c(Cl)c1. The van der Waals surface area contributed by atoms with Crippen LogP contribution in [0.4, 0.5) is 5.82 Å². The van der Waals surface area contributed by atoms with Gasteiger partial charge >= 0.3 is 0 Å². The quantitative estimate of drug-likeness (QED) is 0.706. The molecule has 2 aromatic rings. The molecule has 0 spiro atoms. The molecule has 0 amide bonds. The molecule has 7 heteroatoms. The molecule has 17 heavy (non-hydrogen) atoms. The van der Waals surface area contributed by atoms with Gasteiger partial charge in [0.15, 0.2) is 4.77 Å². The number of aromatic nitrogens is 2. The molecular weight excluding hydrogens is 281 g/mol. The first kappa shape index (κ1) is 12.2. The molecule has 0 bridgehead atoms. The Bertz CT molecular complexity index is 693. The lowest BCUT2D eigenvalue weighted by molar-refractivity contribution is 1.10. The number of rotatable bonds is 1. The predicted molar refractivity (Wildman–Crippen MR) is 72.1 cm³/mol. The predicted octanol–water partition coefficient (Wildman–Crippen LogP) is 2.99. The van der Waals surface area contributed by atoms with Crippen LogP contribution in [-0.4, -0.2) is 9.97 Å². The zero-order valence-electron chi connectivity index (χ0n) is 8.38. The summed E-state index contributed by atoms with van der Waals surface area (Å²) in [6.45, 7) is 0. The molecule has 4 nitrogen and oxygen atoms in total. The number of halogens is 2. The van der Waals surface area contributed by atoms with E-state index in [-0.39, 0.29) is 21.7 Å². The maximum absolute atomic E-state index is 11.8. The van der Waals surface area contributed by atoms with E-state index >= 15 is 0 Å². The lowest BCUT2D eigenvalue weighted by atomic mass is 10.1.